The maximum atomic E-state index is 12.1. The molecule has 1 aliphatic heterocycles. The van der Waals surface area contributed by atoms with Crippen LogP contribution >= 0.6 is 0 Å². The van der Waals surface area contributed by atoms with Crippen LogP contribution in [0.15, 0.2) is 36.8 Å². The van der Waals surface area contributed by atoms with E-state index in [-0.39, 0.29) is 12.0 Å². The van der Waals surface area contributed by atoms with Crippen molar-refractivity contribution in [3.63, 3.8) is 0 Å². The van der Waals surface area contributed by atoms with Crippen LogP contribution in [0.25, 0.3) is 0 Å². The second-order valence-electron chi connectivity index (χ2n) is 5.60. The van der Waals surface area contributed by atoms with Gasteiger partial charge in [0.2, 0.25) is 5.95 Å². The van der Waals surface area contributed by atoms with Crippen LogP contribution in [-0.4, -0.2) is 46.7 Å². The highest BCUT2D eigenvalue weighted by molar-refractivity contribution is 5.94. The first-order valence-corrected chi connectivity index (χ1v) is 8.18. The second-order valence-corrected chi connectivity index (χ2v) is 5.60. The van der Waals surface area contributed by atoms with E-state index in [1.54, 1.807) is 37.6 Å². The van der Waals surface area contributed by atoms with Crippen molar-refractivity contribution in [1.82, 2.24) is 15.0 Å². The summed E-state index contributed by atoms with van der Waals surface area (Å²) in [5.41, 5.74) is 0.465. The van der Waals surface area contributed by atoms with E-state index < -0.39 is 0 Å². The molecule has 7 heteroatoms. The number of piperidine rings is 1. The number of carbonyl (C=O) groups is 1. The third-order valence-corrected chi connectivity index (χ3v) is 3.90. The number of ether oxygens (including phenoxy) is 1. The van der Waals surface area contributed by atoms with Crippen molar-refractivity contribution in [3.8, 4) is 0 Å². The van der Waals surface area contributed by atoms with Gasteiger partial charge in [-0.3, -0.25) is 0 Å². The molecule has 3 heterocycles. The highest BCUT2D eigenvalue weighted by Crippen LogP contribution is 2.20. The van der Waals surface area contributed by atoms with E-state index in [1.807, 2.05) is 6.07 Å². The summed E-state index contributed by atoms with van der Waals surface area (Å²) < 4.78 is 5.10. The molecule has 0 aliphatic carbocycles. The molecule has 3 rings (SSSR count). The first-order valence-electron chi connectivity index (χ1n) is 8.18. The number of pyridine rings is 1. The number of nitrogens with one attached hydrogen (secondary N) is 1. The van der Waals surface area contributed by atoms with Gasteiger partial charge in [-0.2, -0.15) is 0 Å². The Balaban J connectivity index is 1.71. The predicted molar refractivity (Wildman–Crippen MR) is 91.1 cm³/mol. The summed E-state index contributed by atoms with van der Waals surface area (Å²) in [5.74, 6) is 0.944. The fourth-order valence-corrected chi connectivity index (χ4v) is 2.82. The molecule has 126 valence electrons. The molecule has 1 saturated heterocycles. The molecule has 0 bridgehead atoms. The largest absolute Gasteiger partial charge is 0.462 e. The van der Waals surface area contributed by atoms with Crippen LogP contribution in [0.5, 0.6) is 0 Å². The topological polar surface area (TPSA) is 80.2 Å². The van der Waals surface area contributed by atoms with Gasteiger partial charge in [0.05, 0.1) is 6.61 Å². The van der Waals surface area contributed by atoms with Crippen LogP contribution in [0.4, 0.5) is 11.8 Å². The fourth-order valence-electron chi connectivity index (χ4n) is 2.82. The zero-order chi connectivity index (χ0) is 16.8. The predicted octanol–water partition coefficient (Wildman–Crippen LogP) is 2.13. The van der Waals surface area contributed by atoms with Gasteiger partial charge in [-0.25, -0.2) is 19.7 Å². The highest BCUT2D eigenvalue weighted by atomic mass is 16.5. The van der Waals surface area contributed by atoms with Gasteiger partial charge >= 0.3 is 5.97 Å². The minimum atomic E-state index is -0.354. The zero-order valence-corrected chi connectivity index (χ0v) is 13.7. The van der Waals surface area contributed by atoms with E-state index in [9.17, 15) is 4.79 Å². The van der Waals surface area contributed by atoms with Gasteiger partial charge in [0.15, 0.2) is 0 Å². The Hall–Kier alpha value is -2.70. The van der Waals surface area contributed by atoms with Crippen molar-refractivity contribution in [3.05, 3.63) is 42.4 Å². The summed E-state index contributed by atoms with van der Waals surface area (Å²) in [7, 11) is 0. The van der Waals surface area contributed by atoms with Crippen molar-refractivity contribution < 1.29 is 9.53 Å². The molecule has 1 atom stereocenters. The number of hydrogen-bond acceptors (Lipinski definition) is 7. The quantitative estimate of drug-likeness (QED) is 0.843. The van der Waals surface area contributed by atoms with Gasteiger partial charge in [0.25, 0.3) is 0 Å². The molecule has 0 saturated carbocycles. The summed E-state index contributed by atoms with van der Waals surface area (Å²) in [6, 6.07) is 5.45. The Labute approximate surface area is 141 Å². The SMILES string of the molecule is CCOC(=O)c1cccnc1NC1CCCN(c2ncccn2)C1. The number of anilines is 2. The molecule has 0 amide bonds. The molecule has 1 N–H and O–H groups in total. The molecule has 1 fully saturated rings. The maximum absolute atomic E-state index is 12.1. The minimum Gasteiger partial charge on any atom is -0.462 e. The average Bonchev–Trinajstić information content (AvgIpc) is 2.63. The van der Waals surface area contributed by atoms with Crippen LogP contribution < -0.4 is 10.2 Å². The van der Waals surface area contributed by atoms with Crippen molar-refractivity contribution in [2.75, 3.05) is 29.9 Å². The molecule has 7 nitrogen and oxygen atoms in total. The highest BCUT2D eigenvalue weighted by Gasteiger charge is 2.23. The first kappa shape index (κ1) is 16.2. The molecule has 1 unspecified atom stereocenters. The van der Waals surface area contributed by atoms with Gasteiger partial charge in [-0.05, 0) is 38.0 Å². The fraction of sp³-hybridized carbons (Fsp3) is 0.412. The van der Waals surface area contributed by atoms with Crippen molar-refractivity contribution >= 4 is 17.7 Å². The van der Waals surface area contributed by atoms with Crippen LogP contribution in [0.2, 0.25) is 0 Å². The summed E-state index contributed by atoms with van der Waals surface area (Å²) >= 11 is 0. The molecule has 0 radical (unpaired) electrons. The van der Waals surface area contributed by atoms with Crippen LogP contribution in [-0.2, 0) is 4.74 Å². The van der Waals surface area contributed by atoms with E-state index in [1.165, 1.54) is 0 Å². The first-order chi connectivity index (χ1) is 11.8. The minimum absolute atomic E-state index is 0.172. The van der Waals surface area contributed by atoms with Crippen LogP contribution in [0, 0.1) is 0 Å². The lowest BCUT2D eigenvalue weighted by Crippen LogP contribution is -2.43. The molecular formula is C17H21N5O2. The smallest absolute Gasteiger partial charge is 0.341 e. The second kappa shape index (κ2) is 7.72. The molecule has 0 aromatic carbocycles. The van der Waals surface area contributed by atoms with E-state index in [4.69, 9.17) is 4.74 Å². The summed E-state index contributed by atoms with van der Waals surface area (Å²) in [6.07, 6.45) is 7.19. The normalized spacial score (nSPS) is 17.4. The molecule has 0 spiro atoms. The van der Waals surface area contributed by atoms with Crippen molar-refractivity contribution in [1.29, 1.82) is 0 Å². The number of esters is 1. The summed E-state index contributed by atoms with van der Waals surface area (Å²) in [5, 5.41) is 3.38. The van der Waals surface area contributed by atoms with E-state index >= 15 is 0 Å². The molecule has 2 aromatic rings. The van der Waals surface area contributed by atoms with E-state index in [0.29, 0.717) is 18.0 Å². The zero-order valence-electron chi connectivity index (χ0n) is 13.7. The Morgan fingerprint density at radius 3 is 2.88 bits per heavy atom. The number of nitrogens with zero attached hydrogens (tertiary/aromatic N) is 4. The number of hydrogen-bond donors (Lipinski definition) is 1. The van der Waals surface area contributed by atoms with E-state index in [0.717, 1.165) is 31.9 Å². The molecule has 2 aromatic heterocycles. The Kier molecular flexibility index (Phi) is 5.20. The van der Waals surface area contributed by atoms with Gasteiger partial charge in [0.1, 0.15) is 11.4 Å². The number of carbonyl (C=O) groups excluding carboxylic acids is 1. The third-order valence-electron chi connectivity index (χ3n) is 3.90. The average molecular weight is 327 g/mol. The monoisotopic (exact) mass is 327 g/mol. The Morgan fingerprint density at radius 1 is 1.29 bits per heavy atom. The standard InChI is InChI=1S/C17H21N5O2/c1-2-24-16(23)14-7-3-8-18-15(14)21-13-6-4-11-22(12-13)17-19-9-5-10-20-17/h3,5,7-10,13H,2,4,6,11-12H2,1H3,(H,18,21). The lowest BCUT2D eigenvalue weighted by Gasteiger charge is -2.33. The molecular weight excluding hydrogens is 306 g/mol. The Bertz CT molecular complexity index is 680. The van der Waals surface area contributed by atoms with Crippen molar-refractivity contribution in [2.45, 2.75) is 25.8 Å². The number of rotatable bonds is 5. The summed E-state index contributed by atoms with van der Waals surface area (Å²) in [4.78, 5) is 27.1. The van der Waals surface area contributed by atoms with Gasteiger partial charge in [-0.1, -0.05) is 0 Å². The lowest BCUT2D eigenvalue weighted by atomic mass is 10.1. The molecule has 24 heavy (non-hydrogen) atoms. The van der Waals surface area contributed by atoms with Crippen LogP contribution in [0.1, 0.15) is 30.1 Å². The number of aromatic nitrogens is 3. The van der Waals surface area contributed by atoms with Gasteiger partial charge in [-0.15, -0.1) is 0 Å². The summed E-state index contributed by atoms with van der Waals surface area (Å²) in [6.45, 7) is 3.83. The van der Waals surface area contributed by atoms with Crippen LogP contribution in [0.3, 0.4) is 0 Å². The van der Waals surface area contributed by atoms with Crippen molar-refractivity contribution in [2.24, 2.45) is 0 Å². The lowest BCUT2D eigenvalue weighted by molar-refractivity contribution is 0.0527. The molecule has 1 aliphatic rings. The third kappa shape index (κ3) is 3.79. The van der Waals surface area contributed by atoms with Gasteiger partial charge in [0, 0.05) is 37.7 Å². The maximum Gasteiger partial charge on any atom is 0.341 e. The Morgan fingerprint density at radius 2 is 2.08 bits per heavy atom. The van der Waals surface area contributed by atoms with E-state index in [2.05, 4.69) is 25.2 Å². The van der Waals surface area contributed by atoms with Gasteiger partial charge < -0.3 is 15.0 Å².